The van der Waals surface area contributed by atoms with E-state index in [1.165, 1.54) is 38.9 Å². The molecule has 126 valence electrons. The number of nitrogens with one attached hydrogen (secondary N) is 2. The Hall–Kier alpha value is -0.0400. The van der Waals surface area contributed by atoms with E-state index in [4.69, 9.17) is 0 Å². The molecule has 1 unspecified atom stereocenters. The summed E-state index contributed by atoms with van der Waals surface area (Å²) in [4.78, 5) is 6.91. The summed E-state index contributed by atoms with van der Waals surface area (Å²) in [6.07, 6.45) is 3.89. The quantitative estimate of drug-likeness (QED) is 0.402. The Kier molecular flexibility index (Phi) is 11.5. The van der Waals surface area contributed by atoms with Crippen molar-refractivity contribution in [3.8, 4) is 0 Å². The highest BCUT2D eigenvalue weighted by molar-refractivity contribution is 14.0. The van der Waals surface area contributed by atoms with Gasteiger partial charge in [0.05, 0.1) is 0 Å². The summed E-state index contributed by atoms with van der Waals surface area (Å²) in [6.45, 7) is 13.8. The van der Waals surface area contributed by atoms with Crippen molar-refractivity contribution in [1.82, 2.24) is 15.5 Å². The summed E-state index contributed by atoms with van der Waals surface area (Å²) in [7, 11) is 1.85. The highest BCUT2D eigenvalue weighted by Gasteiger charge is 2.19. The first-order valence-electron chi connectivity index (χ1n) is 8.26. The molecule has 0 aromatic heterocycles. The predicted octanol–water partition coefficient (Wildman–Crippen LogP) is 2.94. The van der Waals surface area contributed by atoms with Crippen LogP contribution in [-0.2, 0) is 0 Å². The van der Waals surface area contributed by atoms with Crippen LogP contribution in [0.15, 0.2) is 4.99 Å². The van der Waals surface area contributed by atoms with Crippen molar-refractivity contribution >= 4 is 29.9 Å². The van der Waals surface area contributed by atoms with Crippen LogP contribution in [0.5, 0.6) is 0 Å². The van der Waals surface area contributed by atoms with Crippen LogP contribution in [0.1, 0.15) is 47.0 Å². The van der Waals surface area contributed by atoms with Gasteiger partial charge in [-0.25, -0.2) is 0 Å². The fourth-order valence-corrected chi connectivity index (χ4v) is 2.55. The molecule has 0 spiro atoms. The van der Waals surface area contributed by atoms with Gasteiger partial charge in [-0.15, -0.1) is 24.0 Å². The van der Waals surface area contributed by atoms with Gasteiger partial charge in [0.2, 0.25) is 0 Å². The van der Waals surface area contributed by atoms with E-state index in [1.807, 2.05) is 7.05 Å². The molecule has 1 saturated heterocycles. The Morgan fingerprint density at radius 1 is 1.24 bits per heavy atom. The molecule has 1 aliphatic rings. The zero-order chi connectivity index (χ0) is 15.0. The molecule has 5 heteroatoms. The van der Waals surface area contributed by atoms with E-state index in [9.17, 15) is 0 Å². The molecule has 0 radical (unpaired) electrons. The minimum absolute atomic E-state index is 0. The predicted molar refractivity (Wildman–Crippen MR) is 104 cm³/mol. The zero-order valence-electron chi connectivity index (χ0n) is 14.5. The van der Waals surface area contributed by atoms with E-state index in [0.717, 1.165) is 18.4 Å². The first-order chi connectivity index (χ1) is 9.56. The maximum absolute atomic E-state index is 4.32. The summed E-state index contributed by atoms with van der Waals surface area (Å²) in [5.41, 5.74) is 0. The third-order valence-corrected chi connectivity index (χ3v) is 4.39. The van der Waals surface area contributed by atoms with E-state index in [2.05, 4.69) is 48.2 Å². The van der Waals surface area contributed by atoms with Crippen molar-refractivity contribution in [3.63, 3.8) is 0 Å². The Bertz CT molecular complexity index is 286. The SMILES string of the molecule is CCCN1CCC(CNC(=NC)NC(C)C(C)C)CC1.I. The first-order valence-corrected chi connectivity index (χ1v) is 8.26. The molecule has 1 rings (SSSR count). The molecule has 1 atom stereocenters. The Balaban J connectivity index is 0.00000400. The van der Waals surface area contributed by atoms with E-state index < -0.39 is 0 Å². The molecule has 0 aromatic carbocycles. The first kappa shape index (κ1) is 21.0. The minimum Gasteiger partial charge on any atom is -0.356 e. The lowest BCUT2D eigenvalue weighted by Gasteiger charge is -2.32. The molecular formula is C16H35IN4. The molecule has 4 nitrogen and oxygen atoms in total. The average molecular weight is 410 g/mol. The van der Waals surface area contributed by atoms with Crippen molar-refractivity contribution in [2.75, 3.05) is 33.2 Å². The van der Waals surface area contributed by atoms with Crippen LogP contribution in [0, 0.1) is 11.8 Å². The van der Waals surface area contributed by atoms with Crippen LogP contribution in [0.4, 0.5) is 0 Å². The normalized spacial score (nSPS) is 19.2. The lowest BCUT2D eigenvalue weighted by atomic mass is 9.97. The largest absolute Gasteiger partial charge is 0.356 e. The van der Waals surface area contributed by atoms with Gasteiger partial charge in [-0.1, -0.05) is 20.8 Å². The Labute approximate surface area is 148 Å². The van der Waals surface area contributed by atoms with Crippen LogP contribution in [0.25, 0.3) is 0 Å². The number of nitrogens with zero attached hydrogens (tertiary/aromatic N) is 2. The van der Waals surface area contributed by atoms with E-state index in [0.29, 0.717) is 12.0 Å². The van der Waals surface area contributed by atoms with Crippen molar-refractivity contribution < 1.29 is 0 Å². The zero-order valence-corrected chi connectivity index (χ0v) is 16.8. The monoisotopic (exact) mass is 410 g/mol. The number of hydrogen-bond acceptors (Lipinski definition) is 2. The van der Waals surface area contributed by atoms with Crippen molar-refractivity contribution in [2.24, 2.45) is 16.8 Å². The molecule has 1 aliphatic heterocycles. The van der Waals surface area contributed by atoms with Crippen LogP contribution < -0.4 is 10.6 Å². The van der Waals surface area contributed by atoms with Gasteiger partial charge in [0.1, 0.15) is 0 Å². The molecule has 1 fully saturated rings. The third-order valence-electron chi connectivity index (χ3n) is 4.39. The molecule has 21 heavy (non-hydrogen) atoms. The fraction of sp³-hybridized carbons (Fsp3) is 0.938. The summed E-state index contributed by atoms with van der Waals surface area (Å²) >= 11 is 0. The molecule has 0 aliphatic carbocycles. The number of rotatable bonds is 6. The summed E-state index contributed by atoms with van der Waals surface area (Å²) in [6, 6.07) is 0.451. The number of halogens is 1. The highest BCUT2D eigenvalue weighted by atomic mass is 127. The summed E-state index contributed by atoms with van der Waals surface area (Å²) < 4.78 is 0. The molecule has 0 bridgehead atoms. The molecule has 2 N–H and O–H groups in total. The molecule has 0 amide bonds. The van der Waals surface area contributed by atoms with Crippen molar-refractivity contribution in [2.45, 2.75) is 53.0 Å². The second-order valence-corrected chi connectivity index (χ2v) is 6.42. The smallest absolute Gasteiger partial charge is 0.191 e. The number of aliphatic imine (C=N–C) groups is 1. The van der Waals surface area contributed by atoms with Crippen LogP contribution in [0.2, 0.25) is 0 Å². The van der Waals surface area contributed by atoms with E-state index in [1.54, 1.807) is 0 Å². The van der Waals surface area contributed by atoms with Crippen LogP contribution >= 0.6 is 24.0 Å². The van der Waals surface area contributed by atoms with Gasteiger partial charge in [-0.2, -0.15) is 0 Å². The molecule has 1 heterocycles. The molecular weight excluding hydrogens is 375 g/mol. The maximum atomic E-state index is 4.32. The van der Waals surface area contributed by atoms with Gasteiger partial charge < -0.3 is 15.5 Å². The van der Waals surface area contributed by atoms with E-state index in [-0.39, 0.29) is 24.0 Å². The van der Waals surface area contributed by atoms with Crippen molar-refractivity contribution in [3.05, 3.63) is 0 Å². The van der Waals surface area contributed by atoms with Crippen LogP contribution in [-0.4, -0.2) is 50.1 Å². The van der Waals surface area contributed by atoms with Gasteiger partial charge >= 0.3 is 0 Å². The Morgan fingerprint density at radius 3 is 2.33 bits per heavy atom. The number of guanidine groups is 1. The topological polar surface area (TPSA) is 39.7 Å². The lowest BCUT2D eigenvalue weighted by Crippen LogP contribution is -2.46. The number of likely N-dealkylation sites (tertiary alicyclic amines) is 1. The number of hydrogen-bond donors (Lipinski definition) is 2. The second-order valence-electron chi connectivity index (χ2n) is 6.42. The Morgan fingerprint density at radius 2 is 1.86 bits per heavy atom. The number of piperidine rings is 1. The summed E-state index contributed by atoms with van der Waals surface area (Å²) in [5, 5.41) is 6.96. The lowest BCUT2D eigenvalue weighted by molar-refractivity contribution is 0.185. The van der Waals surface area contributed by atoms with Gasteiger partial charge in [0.15, 0.2) is 5.96 Å². The standard InChI is InChI=1S/C16H34N4.HI/c1-6-9-20-10-7-15(8-11-20)12-18-16(17-5)19-14(4)13(2)3;/h13-15H,6-12H2,1-5H3,(H2,17,18,19);1H. The highest BCUT2D eigenvalue weighted by Crippen LogP contribution is 2.16. The van der Waals surface area contributed by atoms with Gasteiger partial charge in [0.25, 0.3) is 0 Å². The maximum Gasteiger partial charge on any atom is 0.191 e. The van der Waals surface area contributed by atoms with Crippen molar-refractivity contribution in [1.29, 1.82) is 0 Å². The minimum atomic E-state index is 0. The third kappa shape index (κ3) is 8.24. The fourth-order valence-electron chi connectivity index (χ4n) is 2.55. The van der Waals surface area contributed by atoms with Gasteiger partial charge in [-0.05, 0) is 57.7 Å². The molecule has 0 saturated carbocycles. The van der Waals surface area contributed by atoms with E-state index >= 15 is 0 Å². The van der Waals surface area contributed by atoms with Crippen LogP contribution in [0.3, 0.4) is 0 Å². The second kappa shape index (κ2) is 11.5. The molecule has 0 aromatic rings. The average Bonchev–Trinajstić information content (AvgIpc) is 2.44. The summed E-state index contributed by atoms with van der Waals surface area (Å²) in [5.74, 6) is 2.35. The van der Waals surface area contributed by atoms with Gasteiger partial charge in [-0.3, -0.25) is 4.99 Å². The van der Waals surface area contributed by atoms with Gasteiger partial charge in [0, 0.05) is 19.6 Å².